The SMILES string of the molecule is Cc1ccc(Cl)cc1-c1ccc(C[C@H](C[C@@H](O)C(=O)OCC(C)C)NC(=O)C(=O)O)cc1. The molecule has 0 aliphatic carbocycles. The van der Waals surface area contributed by atoms with Crippen LogP contribution in [0.25, 0.3) is 11.1 Å². The number of aliphatic hydroxyl groups excluding tert-OH is 1. The molecule has 0 saturated carbocycles. The van der Waals surface area contributed by atoms with Gasteiger partial charge in [-0.15, -0.1) is 0 Å². The number of rotatable bonds is 9. The van der Waals surface area contributed by atoms with Crippen LogP contribution in [0, 0.1) is 12.8 Å². The van der Waals surface area contributed by atoms with Crippen LogP contribution in [-0.4, -0.2) is 46.8 Å². The molecule has 2 aromatic carbocycles. The Morgan fingerprint density at radius 2 is 1.75 bits per heavy atom. The van der Waals surface area contributed by atoms with Crippen LogP contribution >= 0.6 is 11.6 Å². The van der Waals surface area contributed by atoms with Crippen molar-refractivity contribution in [1.29, 1.82) is 0 Å². The van der Waals surface area contributed by atoms with Crippen LogP contribution in [0.1, 0.15) is 31.4 Å². The molecule has 0 aliphatic rings. The quantitative estimate of drug-likeness (QED) is 0.390. The second kappa shape index (κ2) is 11.6. The molecule has 3 N–H and O–H groups in total. The Morgan fingerprint density at radius 3 is 2.34 bits per heavy atom. The molecular weight excluding hydrogens is 434 g/mol. The first-order chi connectivity index (χ1) is 15.1. The number of aliphatic hydroxyl groups is 1. The lowest BCUT2D eigenvalue weighted by molar-refractivity contribution is -0.155. The lowest BCUT2D eigenvalue weighted by atomic mass is 9.96. The van der Waals surface area contributed by atoms with E-state index in [4.69, 9.17) is 21.4 Å². The second-order valence-electron chi connectivity index (χ2n) is 8.11. The molecule has 0 fully saturated rings. The molecular formula is C24H28ClNO6. The lowest BCUT2D eigenvalue weighted by Gasteiger charge is -2.21. The van der Waals surface area contributed by atoms with Crippen LogP contribution in [0.3, 0.4) is 0 Å². The van der Waals surface area contributed by atoms with Crippen molar-refractivity contribution in [3.8, 4) is 11.1 Å². The van der Waals surface area contributed by atoms with Gasteiger partial charge >= 0.3 is 17.8 Å². The van der Waals surface area contributed by atoms with Crippen molar-refractivity contribution in [1.82, 2.24) is 5.32 Å². The minimum atomic E-state index is -1.64. The number of hydrogen-bond donors (Lipinski definition) is 3. The summed E-state index contributed by atoms with van der Waals surface area (Å²) in [6.45, 7) is 5.87. The predicted octanol–water partition coefficient (Wildman–Crippen LogP) is 3.38. The molecule has 2 aromatic rings. The number of aliphatic carboxylic acids is 1. The maximum absolute atomic E-state index is 12.0. The molecule has 0 bridgehead atoms. The molecule has 0 unspecified atom stereocenters. The molecule has 0 radical (unpaired) electrons. The van der Waals surface area contributed by atoms with Gasteiger partial charge in [0.15, 0.2) is 6.10 Å². The van der Waals surface area contributed by atoms with Crippen molar-refractivity contribution in [2.24, 2.45) is 5.92 Å². The van der Waals surface area contributed by atoms with E-state index in [2.05, 4.69) is 5.32 Å². The van der Waals surface area contributed by atoms with Crippen LogP contribution in [-0.2, 0) is 25.5 Å². The van der Waals surface area contributed by atoms with E-state index >= 15 is 0 Å². The summed E-state index contributed by atoms with van der Waals surface area (Å²) >= 11 is 6.10. The van der Waals surface area contributed by atoms with E-state index in [9.17, 15) is 19.5 Å². The molecule has 0 heterocycles. The molecule has 7 nitrogen and oxygen atoms in total. The first-order valence-electron chi connectivity index (χ1n) is 10.3. The molecule has 2 atom stereocenters. The van der Waals surface area contributed by atoms with E-state index in [1.807, 2.05) is 63.2 Å². The number of ether oxygens (including phenoxy) is 1. The maximum atomic E-state index is 12.0. The van der Waals surface area contributed by atoms with Crippen molar-refractivity contribution >= 4 is 29.4 Å². The topological polar surface area (TPSA) is 113 Å². The van der Waals surface area contributed by atoms with Crippen LogP contribution in [0.5, 0.6) is 0 Å². The third-order valence-electron chi connectivity index (χ3n) is 4.81. The molecule has 1 amide bonds. The zero-order chi connectivity index (χ0) is 23.8. The summed E-state index contributed by atoms with van der Waals surface area (Å²) in [5.74, 6) is -3.54. The maximum Gasteiger partial charge on any atom is 0.394 e. The van der Waals surface area contributed by atoms with E-state index in [0.717, 1.165) is 22.3 Å². The van der Waals surface area contributed by atoms with E-state index in [1.54, 1.807) is 0 Å². The van der Waals surface area contributed by atoms with Crippen molar-refractivity contribution in [3.63, 3.8) is 0 Å². The number of carboxylic acid groups (broad SMARTS) is 1. The zero-order valence-electron chi connectivity index (χ0n) is 18.3. The largest absolute Gasteiger partial charge is 0.474 e. The molecule has 0 aromatic heterocycles. The van der Waals surface area contributed by atoms with Crippen molar-refractivity contribution in [2.75, 3.05) is 6.61 Å². The van der Waals surface area contributed by atoms with Gasteiger partial charge in [0.25, 0.3) is 0 Å². The van der Waals surface area contributed by atoms with Gasteiger partial charge in [0.2, 0.25) is 0 Å². The van der Waals surface area contributed by atoms with Gasteiger partial charge in [-0.3, -0.25) is 4.79 Å². The van der Waals surface area contributed by atoms with Gasteiger partial charge in [0, 0.05) is 17.5 Å². The van der Waals surface area contributed by atoms with E-state index in [0.29, 0.717) is 5.02 Å². The minimum Gasteiger partial charge on any atom is -0.474 e. The van der Waals surface area contributed by atoms with Crippen LogP contribution < -0.4 is 5.32 Å². The fourth-order valence-electron chi connectivity index (χ4n) is 3.16. The van der Waals surface area contributed by atoms with Crippen LogP contribution in [0.15, 0.2) is 42.5 Å². The Hall–Kier alpha value is -2.90. The van der Waals surface area contributed by atoms with Gasteiger partial charge in [-0.1, -0.05) is 55.8 Å². The lowest BCUT2D eigenvalue weighted by Crippen LogP contribution is -2.43. The van der Waals surface area contributed by atoms with Gasteiger partial charge in [-0.25, -0.2) is 9.59 Å². The molecule has 0 aliphatic heterocycles. The Balaban J connectivity index is 2.14. The Morgan fingerprint density at radius 1 is 1.09 bits per heavy atom. The second-order valence-corrected chi connectivity index (χ2v) is 8.55. The van der Waals surface area contributed by atoms with Crippen molar-refractivity contribution in [3.05, 3.63) is 58.6 Å². The number of hydrogen-bond acceptors (Lipinski definition) is 5. The number of carbonyl (C=O) groups excluding carboxylic acids is 2. The normalized spacial score (nSPS) is 12.8. The first kappa shape index (κ1) is 25.4. The Kier molecular flexibility index (Phi) is 9.23. The van der Waals surface area contributed by atoms with Crippen LogP contribution in [0.2, 0.25) is 5.02 Å². The van der Waals surface area contributed by atoms with E-state index < -0.39 is 30.0 Å². The number of halogens is 1. The predicted molar refractivity (Wildman–Crippen MR) is 121 cm³/mol. The highest BCUT2D eigenvalue weighted by Gasteiger charge is 2.25. The third-order valence-corrected chi connectivity index (χ3v) is 5.05. The summed E-state index contributed by atoms with van der Waals surface area (Å²) in [4.78, 5) is 34.7. The van der Waals surface area contributed by atoms with Gasteiger partial charge in [-0.05, 0) is 53.6 Å². The van der Waals surface area contributed by atoms with Crippen LogP contribution in [0.4, 0.5) is 0 Å². The minimum absolute atomic E-state index is 0.107. The number of aryl methyl sites for hydroxylation is 1. The fraction of sp³-hybridized carbons (Fsp3) is 0.375. The Bertz CT molecular complexity index is 957. The number of esters is 1. The summed E-state index contributed by atoms with van der Waals surface area (Å²) in [6.07, 6.45) is -1.44. The summed E-state index contributed by atoms with van der Waals surface area (Å²) < 4.78 is 5.03. The summed E-state index contributed by atoms with van der Waals surface area (Å²) in [5.41, 5.74) is 3.81. The molecule has 8 heteroatoms. The van der Waals surface area contributed by atoms with Gasteiger partial charge in [0.1, 0.15) is 0 Å². The zero-order valence-corrected chi connectivity index (χ0v) is 19.1. The molecule has 2 rings (SSSR count). The molecule has 0 spiro atoms. The summed E-state index contributed by atoms with van der Waals surface area (Å²) in [5, 5.41) is 22.1. The van der Waals surface area contributed by atoms with Crippen molar-refractivity contribution in [2.45, 2.75) is 45.8 Å². The van der Waals surface area contributed by atoms with Gasteiger partial charge in [-0.2, -0.15) is 0 Å². The molecule has 172 valence electrons. The van der Waals surface area contributed by atoms with Crippen molar-refractivity contribution < 1.29 is 29.3 Å². The summed E-state index contributed by atoms with van der Waals surface area (Å²) in [6, 6.07) is 12.3. The number of nitrogens with one attached hydrogen (secondary N) is 1. The van der Waals surface area contributed by atoms with E-state index in [-0.39, 0.29) is 25.4 Å². The average Bonchev–Trinajstić information content (AvgIpc) is 2.74. The average molecular weight is 462 g/mol. The highest BCUT2D eigenvalue weighted by atomic mass is 35.5. The third kappa shape index (κ3) is 7.66. The highest BCUT2D eigenvalue weighted by Crippen LogP contribution is 2.27. The number of amides is 1. The molecule has 0 saturated heterocycles. The van der Waals surface area contributed by atoms with Gasteiger partial charge in [0.05, 0.1) is 6.61 Å². The monoisotopic (exact) mass is 461 g/mol. The standard InChI is InChI=1S/C24H28ClNO6/c1-14(2)13-32-24(31)21(27)12-19(26-22(28)23(29)30)10-16-5-7-17(8-6-16)20-11-18(25)9-4-15(20)3/h4-9,11,14,19,21,27H,10,12-13H2,1-3H3,(H,26,28)(H,29,30)/t19-,21-/m1/s1. The number of benzene rings is 2. The number of carbonyl (C=O) groups is 3. The van der Waals surface area contributed by atoms with E-state index in [1.165, 1.54) is 0 Å². The number of carboxylic acids is 1. The van der Waals surface area contributed by atoms with Gasteiger partial charge < -0.3 is 20.3 Å². The highest BCUT2D eigenvalue weighted by molar-refractivity contribution is 6.31. The first-order valence-corrected chi connectivity index (χ1v) is 10.7. The fourth-order valence-corrected chi connectivity index (χ4v) is 3.33. The Labute approximate surface area is 192 Å². The molecule has 32 heavy (non-hydrogen) atoms. The summed E-state index contributed by atoms with van der Waals surface area (Å²) in [7, 11) is 0. The smallest absolute Gasteiger partial charge is 0.394 e.